The van der Waals surface area contributed by atoms with Crippen LogP contribution < -0.4 is 8.90 Å². The second kappa shape index (κ2) is 14.7. The molecule has 1 aromatic heterocycles. The summed E-state index contributed by atoms with van der Waals surface area (Å²) in [4.78, 5) is 18.3. The van der Waals surface area contributed by atoms with E-state index in [4.69, 9.17) is 16.6 Å². The number of nitrogens with zero attached hydrogens (tertiary/aromatic N) is 1. The Morgan fingerprint density at radius 1 is 0.921 bits per heavy atom. The van der Waals surface area contributed by atoms with Gasteiger partial charge in [0.15, 0.2) is 0 Å². The molecular weight excluding hydrogens is 595 g/mol. The zero-order valence-electron chi connectivity index (χ0n) is 24.4. The van der Waals surface area contributed by atoms with Gasteiger partial charge in [-0.15, -0.1) is 0 Å². The van der Waals surface area contributed by atoms with E-state index in [1.54, 1.807) is 10.6 Å². The van der Waals surface area contributed by atoms with Gasteiger partial charge in [-0.1, -0.05) is 0 Å². The molecule has 1 N–H and O–H groups in total. The Bertz CT molecular complexity index is 1200. The Kier molecular flexibility index (Phi) is 12.0. The first-order valence-corrected chi connectivity index (χ1v) is 22.7. The number of benzene rings is 2. The van der Waals surface area contributed by atoms with Gasteiger partial charge in [0.25, 0.3) is 0 Å². The predicted molar refractivity (Wildman–Crippen MR) is 169 cm³/mol. The molecule has 3 rings (SSSR count). The average molecular weight is 642 g/mol. The number of carbonyl (C=O) groups is 1. The first-order valence-electron chi connectivity index (χ1n) is 14.8. The summed E-state index contributed by atoms with van der Waals surface area (Å²) in [5.41, 5.74) is 3.36. The summed E-state index contributed by atoms with van der Waals surface area (Å²) < 4.78 is 5.78. The molecule has 0 aliphatic heterocycles. The van der Waals surface area contributed by atoms with Gasteiger partial charge >= 0.3 is 241 Å². The Balaban J connectivity index is 2.33. The monoisotopic (exact) mass is 642 g/mol. The zero-order chi connectivity index (χ0) is 27.7. The van der Waals surface area contributed by atoms with E-state index in [1.807, 2.05) is 0 Å². The van der Waals surface area contributed by atoms with Crippen molar-refractivity contribution >= 4 is 50.2 Å². The van der Waals surface area contributed by atoms with E-state index < -0.39 is 18.4 Å². The fourth-order valence-corrected chi connectivity index (χ4v) is 22.0. The summed E-state index contributed by atoms with van der Waals surface area (Å²) in [6, 6.07) is 15.3. The van der Waals surface area contributed by atoms with E-state index in [9.17, 15) is 4.79 Å². The number of halogens is 1. The molecule has 3 nitrogen and oxygen atoms in total. The van der Waals surface area contributed by atoms with Gasteiger partial charge in [-0.3, -0.25) is 0 Å². The molecule has 3 aromatic rings. The van der Waals surface area contributed by atoms with Gasteiger partial charge < -0.3 is 0 Å². The van der Waals surface area contributed by atoms with Gasteiger partial charge in [0.2, 0.25) is 0 Å². The molecule has 1 amide bonds. The van der Waals surface area contributed by atoms with Crippen LogP contribution in [0.5, 0.6) is 0 Å². The third-order valence-corrected chi connectivity index (χ3v) is 24.3. The van der Waals surface area contributed by atoms with Crippen LogP contribution in [-0.2, 0) is 0 Å². The van der Waals surface area contributed by atoms with Crippen molar-refractivity contribution in [3.05, 3.63) is 58.7 Å². The maximum absolute atomic E-state index is 13.2. The predicted octanol–water partition coefficient (Wildman–Crippen LogP) is 9.48. The fraction of sp³-hybridized carbons (Fsp3) is 0.515. The van der Waals surface area contributed by atoms with E-state index in [0.717, 1.165) is 34.0 Å². The van der Waals surface area contributed by atoms with Crippen molar-refractivity contribution in [2.75, 3.05) is 7.05 Å². The van der Waals surface area contributed by atoms with Gasteiger partial charge in [-0.2, -0.15) is 0 Å². The number of carbonyl (C=O) groups excluding carboxylic acids is 1. The number of aromatic nitrogens is 1. The molecule has 1 heterocycles. The number of nitrogens with one attached hydrogen (secondary N) is 1. The summed E-state index contributed by atoms with van der Waals surface area (Å²) in [6.07, 6.45) is 8.62. The third-order valence-electron chi connectivity index (χ3n) is 8.36. The number of unbranched alkanes of at least 4 members (excludes halogenated alkanes) is 3. The Morgan fingerprint density at radius 2 is 1.50 bits per heavy atom. The molecule has 0 fully saturated rings. The van der Waals surface area contributed by atoms with E-state index >= 15 is 0 Å². The van der Waals surface area contributed by atoms with Crippen LogP contribution in [0, 0.1) is 0 Å². The van der Waals surface area contributed by atoms with E-state index in [2.05, 4.69) is 82.4 Å². The molecule has 0 aliphatic rings. The third kappa shape index (κ3) is 6.75. The summed E-state index contributed by atoms with van der Waals surface area (Å²) in [5, 5.41) is 5.73. The minimum absolute atomic E-state index is 0.137. The van der Waals surface area contributed by atoms with Gasteiger partial charge in [-0.05, 0) is 0 Å². The number of amides is 1. The van der Waals surface area contributed by atoms with E-state index in [1.165, 1.54) is 51.8 Å². The minimum atomic E-state index is -2.69. The Hall–Kier alpha value is -1.59. The molecule has 38 heavy (non-hydrogen) atoms. The quantitative estimate of drug-likeness (QED) is 0.178. The van der Waals surface area contributed by atoms with Gasteiger partial charge in [0.1, 0.15) is 0 Å². The number of hydrogen-bond acceptors (Lipinski definition) is 2. The molecule has 0 radical (unpaired) electrons. The van der Waals surface area contributed by atoms with Gasteiger partial charge in [0, 0.05) is 0 Å². The number of hydrogen-bond donors (Lipinski definition) is 1. The molecule has 0 aliphatic carbocycles. The van der Waals surface area contributed by atoms with Crippen molar-refractivity contribution < 1.29 is 4.79 Å². The summed E-state index contributed by atoms with van der Waals surface area (Å²) in [6.45, 7) is 11.3. The summed E-state index contributed by atoms with van der Waals surface area (Å²) in [7, 11) is 1.69. The van der Waals surface area contributed by atoms with Gasteiger partial charge in [0.05, 0.1) is 0 Å². The summed E-state index contributed by atoms with van der Waals surface area (Å²) >= 11 is 4.28. The molecule has 0 saturated carbocycles. The summed E-state index contributed by atoms with van der Waals surface area (Å²) in [5.74, 6) is 0.0819. The average Bonchev–Trinajstić information content (AvgIpc) is 2.95. The second-order valence-electron chi connectivity index (χ2n) is 10.9. The van der Waals surface area contributed by atoms with E-state index in [-0.39, 0.29) is 11.8 Å². The molecule has 1 unspecified atom stereocenters. The van der Waals surface area contributed by atoms with Crippen LogP contribution in [0.3, 0.4) is 0 Å². The first kappa shape index (κ1) is 30.9. The molecule has 0 spiro atoms. The maximum atomic E-state index is 13.2. The standard InChI is InChI=1S/C21H20ClN2O.3C4H9.Sn/c1-4-13(2)18-14-9-5-6-10-15(14)19(24-20(18)21(25)23-3)16-11-7-8-12-17(16)22;3*1-3-4-2;/h5-6,8-13H,4H2,1-3H3,(H,23,25);3*1,3-4H2,2H3;. The normalized spacial score (nSPS) is 12.6. The molecular formula is C33H47ClN2OSn. The van der Waals surface area contributed by atoms with E-state index in [0.29, 0.717) is 10.7 Å². The van der Waals surface area contributed by atoms with Crippen LogP contribution in [0.25, 0.3) is 22.0 Å². The van der Waals surface area contributed by atoms with Gasteiger partial charge in [-0.25, -0.2) is 0 Å². The number of rotatable bonds is 14. The molecule has 0 bridgehead atoms. The van der Waals surface area contributed by atoms with Crippen LogP contribution in [0.4, 0.5) is 0 Å². The second-order valence-corrected chi connectivity index (χ2v) is 24.6. The molecule has 206 valence electrons. The van der Waals surface area contributed by atoms with Crippen molar-refractivity contribution in [1.29, 1.82) is 0 Å². The Morgan fingerprint density at radius 3 is 2.03 bits per heavy atom. The van der Waals surface area contributed by atoms with Crippen LogP contribution in [-0.4, -0.2) is 36.3 Å². The topological polar surface area (TPSA) is 42.0 Å². The van der Waals surface area contributed by atoms with Crippen LogP contribution in [0.1, 0.15) is 102 Å². The van der Waals surface area contributed by atoms with Crippen molar-refractivity contribution in [2.24, 2.45) is 0 Å². The van der Waals surface area contributed by atoms with Crippen molar-refractivity contribution in [2.45, 2.75) is 98.8 Å². The fourth-order valence-electron chi connectivity index (χ4n) is 5.87. The Labute approximate surface area is 240 Å². The van der Waals surface area contributed by atoms with Crippen LogP contribution in [0.15, 0.2) is 42.5 Å². The van der Waals surface area contributed by atoms with Crippen LogP contribution in [0.2, 0.25) is 18.3 Å². The molecule has 0 saturated heterocycles. The van der Waals surface area contributed by atoms with Crippen molar-refractivity contribution in [1.82, 2.24) is 10.3 Å². The zero-order valence-corrected chi connectivity index (χ0v) is 28.0. The molecule has 5 heteroatoms. The SMILES string of the molecule is CCC[CH2][Sn]([CH2]CCC)([CH2]CCC)[c]1ccc(Cl)c(-c2nc(C(=O)NC)c(C(C)CC)c3ccccc23)c1. The van der Waals surface area contributed by atoms with Crippen molar-refractivity contribution in [3.8, 4) is 11.3 Å². The number of pyridine rings is 1. The first-order chi connectivity index (χ1) is 18.4. The van der Waals surface area contributed by atoms with Crippen molar-refractivity contribution in [3.63, 3.8) is 0 Å². The number of fused-ring (bicyclic) bond motifs is 1. The molecule has 1 atom stereocenters. The molecule has 2 aromatic carbocycles. The van der Waals surface area contributed by atoms with Crippen LogP contribution >= 0.6 is 11.6 Å².